The molecule has 0 aliphatic heterocycles. The summed E-state index contributed by atoms with van der Waals surface area (Å²) in [5.41, 5.74) is 1.55. The van der Waals surface area contributed by atoms with Crippen LogP contribution in [0, 0.1) is 19.3 Å². The molecule has 130 valence electrons. The number of fused-ring (bicyclic) bond motifs is 1. The fourth-order valence-corrected chi connectivity index (χ4v) is 2.76. The molecule has 5 nitrogen and oxygen atoms in total. The molecule has 0 saturated heterocycles. The van der Waals surface area contributed by atoms with Gasteiger partial charge < -0.3 is 9.47 Å². The van der Waals surface area contributed by atoms with Crippen molar-refractivity contribution in [1.82, 2.24) is 0 Å². The summed E-state index contributed by atoms with van der Waals surface area (Å²) in [5, 5.41) is 1.85. The molecule has 0 aliphatic rings. The Hall–Kier alpha value is -2.84. The summed E-state index contributed by atoms with van der Waals surface area (Å²) in [6.07, 6.45) is 5.16. The van der Waals surface area contributed by atoms with Crippen molar-refractivity contribution in [3.63, 3.8) is 0 Å². The molecule has 0 radical (unpaired) electrons. The summed E-state index contributed by atoms with van der Waals surface area (Å²) in [4.78, 5) is 26.4. The van der Waals surface area contributed by atoms with Crippen LogP contribution in [0.3, 0.4) is 0 Å². The van der Waals surface area contributed by atoms with Gasteiger partial charge in [0.25, 0.3) is 5.91 Å². The van der Waals surface area contributed by atoms with Crippen LogP contribution in [-0.4, -0.2) is 38.2 Å². The van der Waals surface area contributed by atoms with Gasteiger partial charge in [0.1, 0.15) is 19.3 Å². The molecule has 0 N–H and O–H groups in total. The molecule has 0 aliphatic carbocycles. The zero-order valence-corrected chi connectivity index (χ0v) is 14.6. The lowest BCUT2D eigenvalue weighted by atomic mass is 10.0. The fraction of sp³-hybridized carbons (Fsp3) is 0.300. The first-order valence-electron chi connectivity index (χ1n) is 7.90. The van der Waals surface area contributed by atoms with Gasteiger partial charge in [0.05, 0.1) is 12.8 Å². The summed E-state index contributed by atoms with van der Waals surface area (Å²) in [6, 6.07) is 10.8. The van der Waals surface area contributed by atoms with Crippen LogP contribution in [0.25, 0.3) is 10.8 Å². The number of benzene rings is 2. The summed E-state index contributed by atoms with van der Waals surface area (Å²) < 4.78 is 10.0. The first-order valence-corrected chi connectivity index (χ1v) is 7.90. The second-order valence-electron chi connectivity index (χ2n) is 5.61. The van der Waals surface area contributed by atoms with Crippen molar-refractivity contribution < 1.29 is 19.1 Å². The number of hydrogen-bond donors (Lipinski definition) is 0. The normalized spacial score (nSPS) is 11.6. The lowest BCUT2D eigenvalue weighted by molar-refractivity contribution is -0.143. The van der Waals surface area contributed by atoms with E-state index in [9.17, 15) is 9.59 Å². The first-order chi connectivity index (χ1) is 12.0. The molecule has 0 heterocycles. The molecule has 0 bridgehead atoms. The highest BCUT2D eigenvalue weighted by atomic mass is 16.5. The van der Waals surface area contributed by atoms with E-state index in [0.29, 0.717) is 5.69 Å². The quantitative estimate of drug-likeness (QED) is 0.461. The van der Waals surface area contributed by atoms with Crippen molar-refractivity contribution in [2.24, 2.45) is 0 Å². The van der Waals surface area contributed by atoms with Gasteiger partial charge in [-0.15, -0.1) is 6.42 Å². The van der Waals surface area contributed by atoms with E-state index in [1.165, 1.54) is 12.0 Å². The third-order valence-corrected chi connectivity index (χ3v) is 3.95. The number of aryl methyl sites for hydroxylation is 1. The molecule has 0 fully saturated rings. The molecule has 2 aromatic carbocycles. The van der Waals surface area contributed by atoms with E-state index < -0.39 is 12.0 Å². The second kappa shape index (κ2) is 8.32. The largest absolute Gasteiger partial charge is 0.467 e. The molecule has 2 rings (SSSR count). The highest BCUT2D eigenvalue weighted by Gasteiger charge is 2.30. The Bertz CT molecular complexity index is 822. The zero-order valence-electron chi connectivity index (χ0n) is 14.6. The average molecular weight is 339 g/mol. The van der Waals surface area contributed by atoms with Crippen LogP contribution in [-0.2, 0) is 19.1 Å². The number of amides is 1. The Kier molecular flexibility index (Phi) is 6.15. The summed E-state index contributed by atoms with van der Waals surface area (Å²) >= 11 is 0. The van der Waals surface area contributed by atoms with E-state index in [-0.39, 0.29) is 19.1 Å². The fourth-order valence-electron chi connectivity index (χ4n) is 2.76. The number of nitrogens with zero attached hydrogens (tertiary/aromatic N) is 1. The Balaban J connectivity index is 2.56. The number of esters is 1. The van der Waals surface area contributed by atoms with E-state index in [0.717, 1.165) is 16.3 Å². The van der Waals surface area contributed by atoms with Gasteiger partial charge in [-0.05, 0) is 24.8 Å². The van der Waals surface area contributed by atoms with Gasteiger partial charge >= 0.3 is 5.97 Å². The number of carbonyl (C=O) groups excluding carboxylic acids is 2. The van der Waals surface area contributed by atoms with Crippen molar-refractivity contribution in [1.29, 1.82) is 0 Å². The zero-order chi connectivity index (χ0) is 18.4. The number of rotatable bonds is 6. The van der Waals surface area contributed by atoms with Crippen molar-refractivity contribution in [3.8, 4) is 12.3 Å². The number of anilines is 1. The van der Waals surface area contributed by atoms with E-state index >= 15 is 0 Å². The number of terminal acetylenes is 1. The topological polar surface area (TPSA) is 55.8 Å². The Labute approximate surface area is 147 Å². The summed E-state index contributed by atoms with van der Waals surface area (Å²) in [6.45, 7) is 3.34. The molecule has 0 saturated carbocycles. The number of hydrogen-bond acceptors (Lipinski definition) is 4. The van der Waals surface area contributed by atoms with Crippen LogP contribution in [0.5, 0.6) is 0 Å². The maximum absolute atomic E-state index is 12.8. The molecule has 1 atom stereocenters. The summed E-state index contributed by atoms with van der Waals surface area (Å²) in [5.74, 6) is 1.47. The molecular weight excluding hydrogens is 318 g/mol. The maximum atomic E-state index is 12.8. The number of ether oxygens (including phenoxy) is 2. The molecular formula is C20H21NO4. The van der Waals surface area contributed by atoms with Crippen LogP contribution in [0.2, 0.25) is 0 Å². The minimum absolute atomic E-state index is 0.0285. The van der Waals surface area contributed by atoms with Crippen molar-refractivity contribution in [3.05, 3.63) is 42.0 Å². The van der Waals surface area contributed by atoms with E-state index in [2.05, 4.69) is 5.92 Å². The van der Waals surface area contributed by atoms with E-state index in [1.807, 2.05) is 43.3 Å². The average Bonchev–Trinajstić information content (AvgIpc) is 2.63. The third-order valence-electron chi connectivity index (χ3n) is 3.95. The van der Waals surface area contributed by atoms with Gasteiger partial charge in [-0.3, -0.25) is 9.69 Å². The minimum atomic E-state index is -0.795. The number of methoxy groups -OCH3 is 1. The van der Waals surface area contributed by atoms with E-state index in [1.54, 1.807) is 6.92 Å². The van der Waals surface area contributed by atoms with Crippen molar-refractivity contribution >= 4 is 28.3 Å². The molecule has 0 unspecified atom stereocenters. The Morgan fingerprint density at radius 1 is 1.24 bits per heavy atom. The van der Waals surface area contributed by atoms with Crippen LogP contribution in [0.1, 0.15) is 12.5 Å². The predicted octanol–water partition coefficient (Wildman–Crippen LogP) is 2.69. The van der Waals surface area contributed by atoms with Gasteiger partial charge in [-0.1, -0.05) is 42.3 Å². The van der Waals surface area contributed by atoms with Crippen molar-refractivity contribution in [2.75, 3.05) is 25.2 Å². The molecule has 0 spiro atoms. The highest BCUT2D eigenvalue weighted by molar-refractivity contribution is 6.08. The minimum Gasteiger partial charge on any atom is -0.467 e. The van der Waals surface area contributed by atoms with Crippen molar-refractivity contribution in [2.45, 2.75) is 19.9 Å². The van der Waals surface area contributed by atoms with Crippen LogP contribution in [0.4, 0.5) is 5.69 Å². The lowest BCUT2D eigenvalue weighted by Gasteiger charge is -2.30. The van der Waals surface area contributed by atoms with E-state index in [4.69, 9.17) is 15.9 Å². The molecule has 1 amide bonds. The van der Waals surface area contributed by atoms with Gasteiger partial charge in [-0.25, -0.2) is 4.79 Å². The monoisotopic (exact) mass is 339 g/mol. The second-order valence-corrected chi connectivity index (χ2v) is 5.61. The molecule has 25 heavy (non-hydrogen) atoms. The van der Waals surface area contributed by atoms with Gasteiger partial charge in [0.15, 0.2) is 0 Å². The highest BCUT2D eigenvalue weighted by Crippen LogP contribution is 2.32. The molecule has 5 heteroatoms. The predicted molar refractivity (Wildman–Crippen MR) is 97.3 cm³/mol. The van der Waals surface area contributed by atoms with Gasteiger partial charge in [0, 0.05) is 5.39 Å². The lowest BCUT2D eigenvalue weighted by Crippen LogP contribution is -2.46. The first kappa shape index (κ1) is 18.5. The van der Waals surface area contributed by atoms with Gasteiger partial charge in [0.2, 0.25) is 0 Å². The van der Waals surface area contributed by atoms with Crippen LogP contribution in [0.15, 0.2) is 36.4 Å². The smallest absolute Gasteiger partial charge is 0.328 e. The number of carbonyl (C=O) groups is 2. The molecule has 2 aromatic rings. The van der Waals surface area contributed by atoms with Gasteiger partial charge in [-0.2, -0.15) is 0 Å². The van der Waals surface area contributed by atoms with Crippen LogP contribution >= 0.6 is 0 Å². The third kappa shape index (κ3) is 3.98. The Morgan fingerprint density at radius 3 is 2.64 bits per heavy atom. The Morgan fingerprint density at radius 2 is 1.96 bits per heavy atom. The maximum Gasteiger partial charge on any atom is 0.328 e. The SMILES string of the molecule is C#CCOCC(=O)N(c1c(C)ccc2ccccc12)[C@@H](C)C(=O)OC. The van der Waals surface area contributed by atoms with Crippen LogP contribution < -0.4 is 4.90 Å². The summed E-state index contributed by atoms with van der Waals surface area (Å²) in [7, 11) is 1.30. The molecule has 0 aromatic heterocycles. The standard InChI is InChI=1S/C20H21NO4/c1-5-12-25-13-18(22)21(15(3)20(23)24-4)19-14(2)10-11-16-8-6-7-9-17(16)19/h1,6-11,15H,12-13H2,2-4H3/t15-/m0/s1.